The van der Waals surface area contributed by atoms with E-state index in [0.29, 0.717) is 5.56 Å². The predicted octanol–water partition coefficient (Wildman–Crippen LogP) is 1.59. The molecule has 4 rings (SSSR count). The maximum atomic E-state index is 14.3. The Morgan fingerprint density at radius 1 is 0.969 bits per heavy atom. The highest BCUT2D eigenvalue weighted by molar-refractivity contribution is 6.07. The van der Waals surface area contributed by atoms with Crippen LogP contribution in [0.3, 0.4) is 0 Å². The summed E-state index contributed by atoms with van der Waals surface area (Å²) in [6.07, 6.45) is -5.85. The van der Waals surface area contributed by atoms with Crippen LogP contribution in [0, 0.1) is 0 Å². The van der Waals surface area contributed by atoms with Crippen molar-refractivity contribution in [3.05, 3.63) is 92.6 Å². The molecular weight excluding hydrogens is 429 g/mol. The molecule has 3 N–H and O–H groups in total. The summed E-state index contributed by atoms with van der Waals surface area (Å²) in [5.41, 5.74) is -6.75. The number of aromatic amines is 1. The normalized spacial score (nSPS) is 17.5. The van der Waals surface area contributed by atoms with Crippen LogP contribution in [0.5, 0.6) is 0 Å². The number of alkyl halides is 3. The van der Waals surface area contributed by atoms with Crippen molar-refractivity contribution in [3.8, 4) is 5.69 Å². The molecule has 0 aliphatic carbocycles. The Hall–Kier alpha value is -4.15. The molecule has 0 fully saturated rings. The van der Waals surface area contributed by atoms with Gasteiger partial charge in [-0.1, -0.05) is 48.5 Å². The van der Waals surface area contributed by atoms with Crippen LogP contribution < -0.4 is 21.9 Å². The highest BCUT2D eigenvalue weighted by atomic mass is 19.4. The van der Waals surface area contributed by atoms with E-state index < -0.39 is 52.6 Å². The fraction of sp³-hybridized carbons (Fsp3) is 0.143. The molecule has 2 aromatic carbocycles. The number of para-hydroxylation sites is 1. The lowest BCUT2D eigenvalue weighted by molar-refractivity contribution is -0.200. The number of halogens is 3. The lowest BCUT2D eigenvalue weighted by atomic mass is 9.91. The molecular formula is C21H15F3N4O4. The molecule has 164 valence electrons. The van der Waals surface area contributed by atoms with Crippen molar-refractivity contribution in [2.45, 2.75) is 18.1 Å². The van der Waals surface area contributed by atoms with E-state index in [0.717, 1.165) is 4.57 Å². The second kappa shape index (κ2) is 7.52. The number of hydrogen-bond acceptors (Lipinski definition) is 4. The summed E-state index contributed by atoms with van der Waals surface area (Å²) in [6, 6.07) is 15.4. The van der Waals surface area contributed by atoms with E-state index in [9.17, 15) is 32.3 Å². The number of carbonyl (C=O) groups excluding carboxylic acids is 2. The number of fused-ring (bicyclic) bond motifs is 1. The van der Waals surface area contributed by atoms with Gasteiger partial charge in [0.05, 0.1) is 12.1 Å². The molecule has 3 aromatic rings. The van der Waals surface area contributed by atoms with Gasteiger partial charge in [0.2, 0.25) is 11.4 Å². The number of amides is 2. The molecule has 8 nitrogen and oxygen atoms in total. The average molecular weight is 444 g/mol. The van der Waals surface area contributed by atoms with Crippen molar-refractivity contribution in [1.82, 2.24) is 14.9 Å². The van der Waals surface area contributed by atoms with Crippen LogP contribution in [-0.4, -0.2) is 27.5 Å². The number of rotatable bonds is 4. The second-order valence-electron chi connectivity index (χ2n) is 7.07. The first-order valence-corrected chi connectivity index (χ1v) is 9.33. The highest BCUT2D eigenvalue weighted by Crippen LogP contribution is 2.45. The Labute approximate surface area is 177 Å². The van der Waals surface area contributed by atoms with Gasteiger partial charge < -0.3 is 10.6 Å². The minimum atomic E-state index is -5.39. The third kappa shape index (κ3) is 3.27. The van der Waals surface area contributed by atoms with Crippen molar-refractivity contribution >= 4 is 17.6 Å². The third-order valence-corrected chi connectivity index (χ3v) is 5.03. The number of nitrogens with zero attached hydrogens (tertiary/aromatic N) is 1. The Kier molecular flexibility index (Phi) is 4.96. The average Bonchev–Trinajstić information content (AvgIpc) is 3.02. The molecule has 11 heteroatoms. The SMILES string of the molecule is O=C(Cc1ccccc1)NC1(C(F)(F)F)C(=O)Nc2c1c(=O)[nH]c(=O)n2-c1ccccc1. The summed E-state index contributed by atoms with van der Waals surface area (Å²) < 4.78 is 43.8. The molecule has 2 amide bonds. The third-order valence-electron chi connectivity index (χ3n) is 5.03. The van der Waals surface area contributed by atoms with E-state index >= 15 is 0 Å². The van der Waals surface area contributed by atoms with Crippen LogP contribution in [0.4, 0.5) is 19.0 Å². The van der Waals surface area contributed by atoms with Crippen molar-refractivity contribution in [2.24, 2.45) is 0 Å². The second-order valence-corrected chi connectivity index (χ2v) is 7.07. The van der Waals surface area contributed by atoms with Gasteiger partial charge in [-0.25, -0.2) is 9.36 Å². The van der Waals surface area contributed by atoms with Crippen LogP contribution in [0.2, 0.25) is 0 Å². The fourth-order valence-corrected chi connectivity index (χ4v) is 3.64. The highest BCUT2D eigenvalue weighted by Gasteiger charge is 2.68. The van der Waals surface area contributed by atoms with Gasteiger partial charge in [-0.3, -0.25) is 19.4 Å². The largest absolute Gasteiger partial charge is 0.425 e. The monoisotopic (exact) mass is 444 g/mol. The standard InChI is InChI=1S/C21H15F3N4O4/c22-21(23,24)20(27-14(29)11-12-7-3-1-4-8-12)15-16(25-18(20)31)28(19(32)26-17(15)30)13-9-5-2-6-10-13/h1-10H,11H2,(H,25,31)(H,27,29)(H,26,30,32). The summed E-state index contributed by atoms with van der Waals surface area (Å²) in [4.78, 5) is 52.0. The summed E-state index contributed by atoms with van der Waals surface area (Å²) in [5.74, 6) is -3.48. The Morgan fingerprint density at radius 2 is 1.56 bits per heavy atom. The van der Waals surface area contributed by atoms with Crippen LogP contribution in [0.25, 0.3) is 5.69 Å². The number of hydrogen-bond donors (Lipinski definition) is 3. The first kappa shape index (κ1) is 21.1. The van der Waals surface area contributed by atoms with E-state index in [1.54, 1.807) is 29.6 Å². The van der Waals surface area contributed by atoms with Crippen molar-refractivity contribution in [1.29, 1.82) is 0 Å². The minimum absolute atomic E-state index is 0.110. The van der Waals surface area contributed by atoms with Crippen LogP contribution in [0.15, 0.2) is 70.3 Å². The minimum Gasteiger partial charge on any atom is -0.330 e. The molecule has 32 heavy (non-hydrogen) atoms. The van der Waals surface area contributed by atoms with E-state index in [1.807, 2.05) is 10.3 Å². The number of carbonyl (C=O) groups is 2. The van der Waals surface area contributed by atoms with E-state index in [-0.39, 0.29) is 5.69 Å². The molecule has 1 atom stereocenters. The molecule has 1 aliphatic heterocycles. The van der Waals surface area contributed by atoms with Gasteiger partial charge in [0.1, 0.15) is 11.4 Å². The van der Waals surface area contributed by atoms with E-state index in [1.165, 1.54) is 36.4 Å². The number of H-pyrrole nitrogens is 1. The summed E-state index contributed by atoms with van der Waals surface area (Å²) in [5, 5.41) is 3.70. The quantitative estimate of drug-likeness (QED) is 0.567. The summed E-state index contributed by atoms with van der Waals surface area (Å²) in [7, 11) is 0. The Balaban J connectivity index is 1.90. The molecule has 1 unspecified atom stereocenters. The van der Waals surface area contributed by atoms with Crippen LogP contribution >= 0.6 is 0 Å². The molecule has 0 radical (unpaired) electrons. The van der Waals surface area contributed by atoms with Gasteiger partial charge in [0.25, 0.3) is 11.5 Å². The van der Waals surface area contributed by atoms with Gasteiger partial charge in [-0.05, 0) is 17.7 Å². The van der Waals surface area contributed by atoms with Gasteiger partial charge in [0.15, 0.2) is 0 Å². The zero-order chi connectivity index (χ0) is 23.1. The number of aromatic nitrogens is 2. The van der Waals surface area contributed by atoms with E-state index in [2.05, 4.69) is 0 Å². The Morgan fingerprint density at radius 3 is 2.16 bits per heavy atom. The molecule has 2 heterocycles. The smallest absolute Gasteiger partial charge is 0.330 e. The molecule has 0 bridgehead atoms. The topological polar surface area (TPSA) is 113 Å². The van der Waals surface area contributed by atoms with E-state index in [4.69, 9.17) is 0 Å². The maximum Gasteiger partial charge on any atom is 0.425 e. The molecule has 0 saturated carbocycles. The van der Waals surface area contributed by atoms with Gasteiger partial charge in [-0.2, -0.15) is 13.2 Å². The van der Waals surface area contributed by atoms with Crippen LogP contribution in [0.1, 0.15) is 11.1 Å². The van der Waals surface area contributed by atoms with Crippen molar-refractivity contribution in [3.63, 3.8) is 0 Å². The predicted molar refractivity (Wildman–Crippen MR) is 107 cm³/mol. The van der Waals surface area contributed by atoms with Gasteiger partial charge >= 0.3 is 11.9 Å². The molecule has 0 saturated heterocycles. The molecule has 1 aromatic heterocycles. The first-order chi connectivity index (χ1) is 15.1. The Bertz CT molecular complexity index is 1320. The zero-order valence-corrected chi connectivity index (χ0v) is 16.2. The zero-order valence-electron chi connectivity index (χ0n) is 16.2. The number of nitrogens with one attached hydrogen (secondary N) is 3. The van der Waals surface area contributed by atoms with Crippen LogP contribution in [-0.2, 0) is 21.5 Å². The number of benzene rings is 2. The first-order valence-electron chi connectivity index (χ1n) is 9.33. The fourth-order valence-electron chi connectivity index (χ4n) is 3.64. The molecule has 0 spiro atoms. The van der Waals surface area contributed by atoms with Gasteiger partial charge in [-0.15, -0.1) is 0 Å². The van der Waals surface area contributed by atoms with Crippen molar-refractivity contribution < 1.29 is 22.8 Å². The molecule has 1 aliphatic rings. The lowest BCUT2D eigenvalue weighted by Crippen LogP contribution is -2.62. The number of anilines is 1. The lowest BCUT2D eigenvalue weighted by Gasteiger charge is -2.30. The maximum absolute atomic E-state index is 14.3. The summed E-state index contributed by atoms with van der Waals surface area (Å²) in [6.45, 7) is 0. The summed E-state index contributed by atoms with van der Waals surface area (Å²) >= 11 is 0. The van der Waals surface area contributed by atoms with Crippen molar-refractivity contribution in [2.75, 3.05) is 5.32 Å². The van der Waals surface area contributed by atoms with Gasteiger partial charge in [0, 0.05) is 0 Å².